The fraction of sp³-hybridized carbons (Fsp3) is 0.727. The molecule has 0 aliphatic rings. The van der Waals surface area contributed by atoms with E-state index in [0.29, 0.717) is 12.1 Å². The number of allylic oxidation sites excluding steroid dienone is 2. The second-order valence-corrected chi connectivity index (χ2v) is 6.44. The molecule has 1 atom stereocenters. The molecule has 4 nitrogen and oxygen atoms in total. The van der Waals surface area contributed by atoms with Crippen LogP contribution in [-0.4, -0.2) is 31.5 Å². The lowest BCUT2D eigenvalue weighted by atomic mass is 9.96. The smallest absolute Gasteiger partial charge is 0.404 e. The topological polar surface area (TPSA) is 73.3 Å². The third kappa shape index (κ3) is 19.6. The Morgan fingerprint density at radius 2 is 1.69 bits per heavy atom. The van der Waals surface area contributed by atoms with E-state index in [1.165, 1.54) is 6.42 Å². The van der Waals surface area contributed by atoms with E-state index >= 15 is 0 Å². The van der Waals surface area contributed by atoms with Crippen molar-refractivity contribution < 1.29 is 17.9 Å². The first kappa shape index (κ1) is 32.2. The van der Waals surface area contributed by atoms with E-state index in [1.807, 2.05) is 20.8 Å². The van der Waals surface area contributed by atoms with E-state index in [1.54, 1.807) is 0 Å². The molecule has 0 heterocycles. The van der Waals surface area contributed by atoms with Crippen molar-refractivity contribution in [3.8, 4) is 0 Å². The van der Waals surface area contributed by atoms with E-state index in [9.17, 15) is 13.2 Å². The van der Waals surface area contributed by atoms with Crippen LogP contribution in [0, 0.1) is 0 Å². The van der Waals surface area contributed by atoms with Gasteiger partial charge >= 0.3 is 6.18 Å². The lowest BCUT2D eigenvalue weighted by Crippen LogP contribution is -2.28. The van der Waals surface area contributed by atoms with Crippen molar-refractivity contribution in [2.45, 2.75) is 85.9 Å². The van der Waals surface area contributed by atoms with Crippen LogP contribution in [0.15, 0.2) is 35.7 Å². The van der Waals surface area contributed by atoms with Crippen LogP contribution in [0.1, 0.15) is 74.1 Å². The molecule has 1 unspecified atom stereocenters. The second kappa shape index (κ2) is 19.8. The first-order valence-corrected chi connectivity index (χ1v) is 10.5. The summed E-state index contributed by atoms with van der Waals surface area (Å²) in [6.07, 6.45) is 6.21. The molecule has 0 amide bonds. The van der Waals surface area contributed by atoms with Crippen molar-refractivity contribution >= 4 is 0 Å². The van der Waals surface area contributed by atoms with Gasteiger partial charge in [-0.3, -0.25) is 0 Å². The van der Waals surface area contributed by atoms with Crippen LogP contribution in [0.25, 0.3) is 0 Å². The normalized spacial score (nSPS) is 14.6. The Kier molecular flexibility index (Phi) is 22.0. The number of alkyl halides is 3. The Balaban J connectivity index is -0.000000430. The number of hydrogen-bond donors (Lipinski definition) is 3. The van der Waals surface area contributed by atoms with Crippen molar-refractivity contribution in [1.82, 2.24) is 5.32 Å². The molecule has 174 valence electrons. The molecule has 0 saturated heterocycles. The zero-order valence-corrected chi connectivity index (χ0v) is 19.5. The average molecular weight is 424 g/mol. The Bertz CT molecular complexity index is 461. The minimum absolute atomic E-state index is 0.0667. The van der Waals surface area contributed by atoms with E-state index in [4.69, 9.17) is 16.2 Å². The monoisotopic (exact) mass is 423 g/mol. The molecule has 5 N–H and O–H groups in total. The van der Waals surface area contributed by atoms with Crippen LogP contribution >= 0.6 is 0 Å². The number of rotatable bonds is 11. The van der Waals surface area contributed by atoms with Gasteiger partial charge in [-0.05, 0) is 57.5 Å². The molecular weight excluding hydrogens is 379 g/mol. The molecule has 0 saturated carbocycles. The molecule has 0 spiro atoms. The van der Waals surface area contributed by atoms with Crippen LogP contribution < -0.4 is 16.8 Å². The van der Waals surface area contributed by atoms with Gasteiger partial charge in [0.1, 0.15) is 5.70 Å². The Morgan fingerprint density at radius 1 is 1.10 bits per heavy atom. The minimum atomic E-state index is -4.50. The summed E-state index contributed by atoms with van der Waals surface area (Å²) in [6.45, 7) is 16.3. The fourth-order valence-corrected chi connectivity index (χ4v) is 2.19. The molecule has 0 aliphatic carbocycles. The van der Waals surface area contributed by atoms with Crippen molar-refractivity contribution in [1.29, 1.82) is 0 Å². The third-order valence-electron chi connectivity index (χ3n) is 3.68. The lowest BCUT2D eigenvalue weighted by Gasteiger charge is -2.28. The van der Waals surface area contributed by atoms with Gasteiger partial charge in [-0.15, -0.1) is 0 Å². The summed E-state index contributed by atoms with van der Waals surface area (Å²) in [5.74, 6) is 0. The van der Waals surface area contributed by atoms with Crippen molar-refractivity contribution in [2.24, 2.45) is 11.5 Å². The minimum Gasteiger partial charge on any atom is -0.404 e. The fourth-order valence-electron chi connectivity index (χ4n) is 2.19. The third-order valence-corrected chi connectivity index (χ3v) is 3.68. The van der Waals surface area contributed by atoms with Crippen molar-refractivity contribution in [3.05, 3.63) is 35.7 Å². The number of likely N-dealkylation sites (N-methyl/N-ethyl adjacent to an activating group) is 1. The van der Waals surface area contributed by atoms with Gasteiger partial charge in [-0.25, -0.2) is 0 Å². The lowest BCUT2D eigenvalue weighted by molar-refractivity contribution is -0.0927. The van der Waals surface area contributed by atoms with E-state index in [2.05, 4.69) is 45.2 Å². The van der Waals surface area contributed by atoms with Gasteiger partial charge in [-0.2, -0.15) is 13.2 Å². The molecule has 0 rings (SSSR count). The van der Waals surface area contributed by atoms with E-state index in [0.717, 1.165) is 38.1 Å². The van der Waals surface area contributed by atoms with Gasteiger partial charge in [0, 0.05) is 13.2 Å². The zero-order chi connectivity index (χ0) is 23.3. The predicted molar refractivity (Wildman–Crippen MR) is 119 cm³/mol. The largest absolute Gasteiger partial charge is 0.430 e. The van der Waals surface area contributed by atoms with Gasteiger partial charge < -0.3 is 21.5 Å². The number of nitrogens with one attached hydrogen (secondary N) is 1. The van der Waals surface area contributed by atoms with Crippen molar-refractivity contribution in [3.63, 3.8) is 0 Å². The number of nitrogens with two attached hydrogens (primary N) is 2. The molecule has 0 fully saturated rings. The van der Waals surface area contributed by atoms with Gasteiger partial charge in [0.15, 0.2) is 0 Å². The number of ether oxygens (including phenoxy) is 1. The van der Waals surface area contributed by atoms with Crippen LogP contribution in [0.4, 0.5) is 13.2 Å². The van der Waals surface area contributed by atoms with E-state index in [-0.39, 0.29) is 12.1 Å². The predicted octanol–water partition coefficient (Wildman–Crippen LogP) is 5.81. The molecule has 29 heavy (non-hydrogen) atoms. The molecule has 0 aliphatic heterocycles. The summed E-state index contributed by atoms with van der Waals surface area (Å²) in [4.78, 5) is 0. The van der Waals surface area contributed by atoms with Crippen LogP contribution in [0.2, 0.25) is 0 Å². The standard InChI is InChI=1S/C12H24O.C8H14F3N3.C2H6/c1-5-8-10-12(4,9-6-2)13-11-7-3;1-2-14-5-6(4-12)3-7(13)8(9,10)11;1-2/h5,8H,6-7,9-11H2,1-4H3;3-4,14H,2,5,12-13H2,1H3;1-2H3/b8-5+;6-4+,7-3-;. The van der Waals surface area contributed by atoms with Crippen LogP contribution in [-0.2, 0) is 4.74 Å². The van der Waals surface area contributed by atoms with Gasteiger partial charge in [0.25, 0.3) is 0 Å². The zero-order valence-electron chi connectivity index (χ0n) is 19.5. The highest BCUT2D eigenvalue weighted by Crippen LogP contribution is 2.23. The second-order valence-electron chi connectivity index (χ2n) is 6.44. The maximum absolute atomic E-state index is 12.0. The Labute approximate surface area is 176 Å². The van der Waals surface area contributed by atoms with Crippen molar-refractivity contribution in [2.75, 3.05) is 19.7 Å². The summed E-state index contributed by atoms with van der Waals surface area (Å²) in [5, 5.41) is 2.84. The van der Waals surface area contributed by atoms with Gasteiger partial charge in [-0.1, -0.05) is 53.2 Å². The number of hydrogen-bond acceptors (Lipinski definition) is 4. The molecule has 7 heteroatoms. The molecule has 0 aromatic rings. The first-order valence-electron chi connectivity index (χ1n) is 10.5. The highest BCUT2D eigenvalue weighted by atomic mass is 19.4. The van der Waals surface area contributed by atoms with Gasteiger partial charge in [0.2, 0.25) is 0 Å². The molecule has 0 aromatic carbocycles. The highest BCUT2D eigenvalue weighted by molar-refractivity contribution is 5.24. The highest BCUT2D eigenvalue weighted by Gasteiger charge is 2.31. The molecule has 0 aromatic heterocycles. The van der Waals surface area contributed by atoms with Gasteiger partial charge in [0.05, 0.1) is 5.60 Å². The SMILES string of the molecule is C/C=C/CC(C)(CCC)OCCC.CC.CCNCC(/C=C(\N)C(F)(F)F)=C/N. The number of halogens is 3. The first-order chi connectivity index (χ1) is 13.6. The summed E-state index contributed by atoms with van der Waals surface area (Å²) >= 11 is 0. The molecule has 0 bridgehead atoms. The van der Waals surface area contributed by atoms with Crippen LogP contribution in [0.3, 0.4) is 0 Å². The Hall–Kier alpha value is -1.47. The maximum Gasteiger partial charge on any atom is 0.430 e. The molecular formula is C22H44F3N3O. The van der Waals surface area contributed by atoms with Crippen LogP contribution in [0.5, 0.6) is 0 Å². The Morgan fingerprint density at radius 3 is 2.07 bits per heavy atom. The quantitative estimate of drug-likeness (QED) is 0.290. The summed E-state index contributed by atoms with van der Waals surface area (Å²) in [5.41, 5.74) is 9.17. The van der Waals surface area contributed by atoms with E-state index < -0.39 is 11.9 Å². The molecule has 0 radical (unpaired) electrons. The maximum atomic E-state index is 12.0. The summed E-state index contributed by atoms with van der Waals surface area (Å²) in [7, 11) is 0. The summed E-state index contributed by atoms with van der Waals surface area (Å²) < 4.78 is 41.8. The average Bonchev–Trinajstić information content (AvgIpc) is 2.69. The summed E-state index contributed by atoms with van der Waals surface area (Å²) in [6, 6.07) is 0.